The van der Waals surface area contributed by atoms with Gasteiger partial charge in [0, 0.05) is 0 Å². The van der Waals surface area contributed by atoms with E-state index in [1.807, 2.05) is 32.9 Å². The first kappa shape index (κ1) is 14.3. The van der Waals surface area contributed by atoms with Crippen molar-refractivity contribution in [2.45, 2.75) is 46.1 Å². The zero-order valence-corrected chi connectivity index (χ0v) is 11.3. The average molecular weight is 258 g/mol. The third-order valence-corrected chi connectivity index (χ3v) is 2.75. The number of ether oxygens (including phenoxy) is 1. The summed E-state index contributed by atoms with van der Waals surface area (Å²) >= 11 is 6.06. The van der Waals surface area contributed by atoms with E-state index in [-0.39, 0.29) is 6.23 Å². The summed E-state index contributed by atoms with van der Waals surface area (Å²) in [5, 5.41) is 13.2. The number of rotatable bonds is 6. The average Bonchev–Trinajstić information content (AvgIpc) is 2.24. The number of para-hydroxylation sites is 1. The van der Waals surface area contributed by atoms with Crippen molar-refractivity contribution in [3.8, 4) is 5.75 Å². The van der Waals surface area contributed by atoms with Crippen LogP contribution in [0.1, 0.15) is 32.3 Å². The number of halogens is 1. The van der Waals surface area contributed by atoms with E-state index in [4.69, 9.17) is 16.3 Å². The maximum atomic E-state index is 9.61. The number of hydrogen-bond acceptors (Lipinski definition) is 3. The molecule has 0 radical (unpaired) electrons. The van der Waals surface area contributed by atoms with Crippen molar-refractivity contribution in [2.75, 3.05) is 0 Å². The predicted molar refractivity (Wildman–Crippen MR) is 70.3 cm³/mol. The van der Waals surface area contributed by atoms with Gasteiger partial charge in [-0.05, 0) is 31.9 Å². The third-order valence-electron chi connectivity index (χ3n) is 2.45. The lowest BCUT2D eigenvalue weighted by Gasteiger charge is -2.21. The summed E-state index contributed by atoms with van der Waals surface area (Å²) in [7, 11) is 0. The van der Waals surface area contributed by atoms with Crippen LogP contribution >= 0.6 is 11.6 Å². The monoisotopic (exact) mass is 257 g/mol. The predicted octanol–water partition coefficient (Wildman–Crippen LogP) is 3.08. The molecule has 0 aromatic heterocycles. The van der Waals surface area contributed by atoms with Crippen molar-refractivity contribution in [1.29, 1.82) is 0 Å². The fraction of sp³-hybridized carbons (Fsp3) is 0.538. The van der Waals surface area contributed by atoms with E-state index in [1.54, 1.807) is 6.07 Å². The van der Waals surface area contributed by atoms with E-state index in [0.29, 0.717) is 17.2 Å². The van der Waals surface area contributed by atoms with Gasteiger partial charge in [0.15, 0.2) is 0 Å². The van der Waals surface area contributed by atoms with Gasteiger partial charge in [-0.3, -0.25) is 5.32 Å². The Morgan fingerprint density at radius 2 is 2.18 bits per heavy atom. The van der Waals surface area contributed by atoms with E-state index in [0.717, 1.165) is 12.0 Å². The van der Waals surface area contributed by atoms with Crippen LogP contribution in [0.25, 0.3) is 0 Å². The van der Waals surface area contributed by atoms with Crippen LogP contribution in [0.2, 0.25) is 5.02 Å². The quantitative estimate of drug-likeness (QED) is 0.770. The highest BCUT2D eigenvalue weighted by molar-refractivity contribution is 6.32. The maximum Gasteiger partial charge on any atom is 0.149 e. The molecule has 0 heterocycles. The van der Waals surface area contributed by atoms with Crippen molar-refractivity contribution in [1.82, 2.24) is 5.32 Å². The second-order valence-corrected chi connectivity index (χ2v) is 4.52. The molecule has 96 valence electrons. The van der Waals surface area contributed by atoms with Crippen molar-refractivity contribution in [3.05, 3.63) is 28.8 Å². The van der Waals surface area contributed by atoms with Gasteiger partial charge in [-0.2, -0.15) is 0 Å². The molecule has 0 fully saturated rings. The van der Waals surface area contributed by atoms with Gasteiger partial charge in [0.2, 0.25) is 0 Å². The summed E-state index contributed by atoms with van der Waals surface area (Å²) in [6.45, 7) is 5.81. The summed E-state index contributed by atoms with van der Waals surface area (Å²) in [6.07, 6.45) is 0.800. The number of nitrogens with one attached hydrogen (secondary N) is 1. The maximum absolute atomic E-state index is 9.61. The minimum Gasteiger partial charge on any atom is -0.474 e. The molecule has 0 aliphatic heterocycles. The minimum absolute atomic E-state index is 0.282. The van der Waals surface area contributed by atoms with Gasteiger partial charge in [0.25, 0.3) is 0 Å². The molecule has 4 heteroatoms. The Labute approximate surface area is 108 Å². The first-order valence-electron chi connectivity index (χ1n) is 5.90. The first-order valence-corrected chi connectivity index (χ1v) is 6.28. The zero-order chi connectivity index (χ0) is 12.8. The third kappa shape index (κ3) is 4.54. The fourth-order valence-corrected chi connectivity index (χ4v) is 1.87. The Hall–Kier alpha value is -0.770. The number of benzene rings is 1. The topological polar surface area (TPSA) is 41.5 Å². The van der Waals surface area contributed by atoms with Gasteiger partial charge in [0.05, 0.1) is 5.02 Å². The molecule has 2 N–H and O–H groups in total. The smallest absolute Gasteiger partial charge is 0.149 e. The standard InChI is InChI=1S/C13H20ClNO2/c1-4-6-12(16)15-10(3)17-13-9(2)7-5-8-11(13)14/h5,7-8,10,12,15-16H,4,6H2,1-3H3/t10?,12-/m0/s1. The van der Waals surface area contributed by atoms with Crippen LogP contribution < -0.4 is 10.1 Å². The molecular weight excluding hydrogens is 238 g/mol. The molecule has 1 unspecified atom stereocenters. The normalized spacial score (nSPS) is 14.4. The Morgan fingerprint density at radius 3 is 2.76 bits per heavy atom. The molecule has 0 bridgehead atoms. The molecule has 0 aliphatic carbocycles. The highest BCUT2D eigenvalue weighted by Crippen LogP contribution is 2.28. The lowest BCUT2D eigenvalue weighted by molar-refractivity contribution is 0.0587. The summed E-state index contributed by atoms with van der Waals surface area (Å²) in [6, 6.07) is 5.62. The SMILES string of the molecule is CCC[C@H](O)NC(C)Oc1c(C)cccc1Cl. The molecule has 1 aromatic carbocycles. The van der Waals surface area contributed by atoms with Crippen LogP contribution in [0.3, 0.4) is 0 Å². The summed E-state index contributed by atoms with van der Waals surface area (Å²) < 4.78 is 5.69. The molecule has 3 nitrogen and oxygen atoms in total. The molecule has 2 atom stereocenters. The Kier molecular flexibility index (Phi) is 5.75. The fourth-order valence-electron chi connectivity index (χ4n) is 1.60. The van der Waals surface area contributed by atoms with Crippen LogP contribution in [-0.4, -0.2) is 17.6 Å². The van der Waals surface area contributed by atoms with Crippen LogP contribution in [0.5, 0.6) is 5.75 Å². The van der Waals surface area contributed by atoms with E-state index < -0.39 is 6.23 Å². The number of aliphatic hydroxyl groups is 1. The molecule has 0 saturated heterocycles. The van der Waals surface area contributed by atoms with Crippen molar-refractivity contribution in [3.63, 3.8) is 0 Å². The Morgan fingerprint density at radius 1 is 1.47 bits per heavy atom. The molecule has 0 aliphatic rings. The minimum atomic E-state index is -0.544. The van der Waals surface area contributed by atoms with E-state index in [2.05, 4.69) is 5.32 Å². The van der Waals surface area contributed by atoms with Gasteiger partial charge in [-0.15, -0.1) is 0 Å². The molecule has 0 amide bonds. The van der Waals surface area contributed by atoms with Gasteiger partial charge < -0.3 is 9.84 Å². The van der Waals surface area contributed by atoms with Gasteiger partial charge in [-0.1, -0.05) is 37.1 Å². The van der Waals surface area contributed by atoms with Crippen LogP contribution in [0.4, 0.5) is 0 Å². The summed E-state index contributed by atoms with van der Waals surface area (Å²) in [4.78, 5) is 0. The second kappa shape index (κ2) is 6.84. The van der Waals surface area contributed by atoms with Crippen molar-refractivity contribution < 1.29 is 9.84 Å². The highest BCUT2D eigenvalue weighted by atomic mass is 35.5. The van der Waals surface area contributed by atoms with E-state index >= 15 is 0 Å². The molecular formula is C13H20ClNO2. The molecule has 0 saturated carbocycles. The second-order valence-electron chi connectivity index (χ2n) is 4.12. The largest absolute Gasteiger partial charge is 0.474 e. The number of hydrogen-bond donors (Lipinski definition) is 2. The van der Waals surface area contributed by atoms with Gasteiger partial charge in [-0.25, -0.2) is 0 Å². The van der Waals surface area contributed by atoms with Crippen LogP contribution in [0.15, 0.2) is 18.2 Å². The molecule has 17 heavy (non-hydrogen) atoms. The zero-order valence-electron chi connectivity index (χ0n) is 10.5. The van der Waals surface area contributed by atoms with Gasteiger partial charge >= 0.3 is 0 Å². The first-order chi connectivity index (χ1) is 8.04. The van der Waals surface area contributed by atoms with Crippen molar-refractivity contribution >= 4 is 11.6 Å². The lowest BCUT2D eigenvalue weighted by Crippen LogP contribution is -2.39. The van der Waals surface area contributed by atoms with E-state index in [1.165, 1.54) is 0 Å². The molecule has 0 spiro atoms. The van der Waals surface area contributed by atoms with Crippen molar-refractivity contribution in [2.24, 2.45) is 0 Å². The van der Waals surface area contributed by atoms with E-state index in [9.17, 15) is 5.11 Å². The Bertz CT molecular complexity index is 337. The summed E-state index contributed by atoms with van der Waals surface area (Å²) in [5.74, 6) is 0.665. The highest BCUT2D eigenvalue weighted by Gasteiger charge is 2.12. The number of aliphatic hydroxyl groups excluding tert-OH is 1. The van der Waals surface area contributed by atoms with Crippen LogP contribution in [0, 0.1) is 6.92 Å². The van der Waals surface area contributed by atoms with Crippen LogP contribution in [-0.2, 0) is 0 Å². The number of aryl methyl sites for hydroxylation is 1. The summed E-state index contributed by atoms with van der Waals surface area (Å²) in [5.41, 5.74) is 0.983. The Balaban J connectivity index is 2.59. The molecule has 1 rings (SSSR count). The van der Waals surface area contributed by atoms with Gasteiger partial charge in [0.1, 0.15) is 18.2 Å². The lowest BCUT2D eigenvalue weighted by atomic mass is 10.2. The molecule has 1 aromatic rings.